The van der Waals surface area contributed by atoms with Crippen LogP contribution >= 0.6 is 0 Å². The van der Waals surface area contributed by atoms with Gasteiger partial charge in [0.15, 0.2) is 0 Å². The zero-order chi connectivity index (χ0) is 16.5. The molecule has 0 atom stereocenters. The first-order valence-corrected chi connectivity index (χ1v) is 8.14. The standard InChI is InChI=1S/C18H18FN3O2/c19-13-1-2-17-15(9-13)16(11-20-17)12-3-6-22(7-4-12)18(23)10-14-5-8-24-21-14/h1-2,5,8-9,11-12,20H,3-4,6-7,10H2. The minimum Gasteiger partial charge on any atom is -0.364 e. The van der Waals surface area contributed by atoms with Crippen molar-refractivity contribution in [2.24, 2.45) is 0 Å². The number of rotatable bonds is 3. The zero-order valence-electron chi connectivity index (χ0n) is 13.2. The van der Waals surface area contributed by atoms with Crippen molar-refractivity contribution in [3.05, 3.63) is 53.8 Å². The zero-order valence-corrected chi connectivity index (χ0v) is 13.2. The molecule has 0 aliphatic carbocycles. The van der Waals surface area contributed by atoms with E-state index in [1.807, 2.05) is 11.1 Å². The Kier molecular flexibility index (Phi) is 3.80. The fourth-order valence-electron chi connectivity index (χ4n) is 3.49. The number of likely N-dealkylation sites (tertiary alicyclic amines) is 1. The van der Waals surface area contributed by atoms with Crippen LogP contribution in [0.3, 0.4) is 0 Å². The van der Waals surface area contributed by atoms with Crippen LogP contribution in [-0.4, -0.2) is 34.0 Å². The number of aromatic amines is 1. The Bertz CT molecular complexity index is 848. The number of nitrogens with zero attached hydrogens (tertiary/aromatic N) is 2. The lowest BCUT2D eigenvalue weighted by Gasteiger charge is -2.32. The molecule has 0 radical (unpaired) electrons. The fraction of sp³-hybridized carbons (Fsp3) is 0.333. The minimum absolute atomic E-state index is 0.0762. The van der Waals surface area contributed by atoms with E-state index in [9.17, 15) is 9.18 Å². The molecule has 0 saturated carbocycles. The molecule has 0 unspecified atom stereocenters. The summed E-state index contributed by atoms with van der Waals surface area (Å²) in [5.74, 6) is 0.201. The van der Waals surface area contributed by atoms with Gasteiger partial charge in [0.25, 0.3) is 0 Å². The molecule has 3 heterocycles. The van der Waals surface area contributed by atoms with Gasteiger partial charge in [0.05, 0.1) is 12.1 Å². The maximum absolute atomic E-state index is 13.5. The van der Waals surface area contributed by atoms with Crippen molar-refractivity contribution in [2.75, 3.05) is 13.1 Å². The summed E-state index contributed by atoms with van der Waals surface area (Å²) in [7, 11) is 0. The number of carbonyl (C=O) groups excluding carboxylic acids is 1. The molecule has 24 heavy (non-hydrogen) atoms. The van der Waals surface area contributed by atoms with Crippen molar-refractivity contribution in [2.45, 2.75) is 25.2 Å². The number of benzene rings is 1. The van der Waals surface area contributed by atoms with Gasteiger partial charge in [0.2, 0.25) is 5.91 Å². The summed E-state index contributed by atoms with van der Waals surface area (Å²) < 4.78 is 18.3. The van der Waals surface area contributed by atoms with Gasteiger partial charge < -0.3 is 14.4 Å². The van der Waals surface area contributed by atoms with Crippen molar-refractivity contribution >= 4 is 16.8 Å². The quantitative estimate of drug-likeness (QED) is 0.803. The molecule has 6 heteroatoms. The first-order chi connectivity index (χ1) is 11.7. The molecule has 0 spiro atoms. The van der Waals surface area contributed by atoms with Crippen LogP contribution in [0.15, 0.2) is 41.2 Å². The van der Waals surface area contributed by atoms with Crippen LogP contribution in [0.5, 0.6) is 0 Å². The second-order valence-corrected chi connectivity index (χ2v) is 6.26. The second kappa shape index (κ2) is 6.11. The van der Waals surface area contributed by atoms with Gasteiger partial charge in [-0.3, -0.25) is 4.79 Å². The van der Waals surface area contributed by atoms with Gasteiger partial charge in [-0.15, -0.1) is 0 Å². The third kappa shape index (κ3) is 2.79. The molecule has 1 amide bonds. The van der Waals surface area contributed by atoms with Gasteiger partial charge in [0, 0.05) is 36.3 Å². The second-order valence-electron chi connectivity index (χ2n) is 6.26. The van der Waals surface area contributed by atoms with E-state index in [2.05, 4.69) is 10.1 Å². The van der Waals surface area contributed by atoms with Crippen molar-refractivity contribution < 1.29 is 13.7 Å². The number of fused-ring (bicyclic) bond motifs is 1. The van der Waals surface area contributed by atoms with Crippen molar-refractivity contribution in [3.63, 3.8) is 0 Å². The topological polar surface area (TPSA) is 62.1 Å². The number of hydrogen-bond donors (Lipinski definition) is 1. The molecule has 3 aromatic rings. The Morgan fingerprint density at radius 2 is 2.17 bits per heavy atom. The van der Waals surface area contributed by atoms with Gasteiger partial charge in [-0.25, -0.2) is 4.39 Å². The predicted molar refractivity (Wildman–Crippen MR) is 87.0 cm³/mol. The van der Waals surface area contributed by atoms with Crippen molar-refractivity contribution in [1.82, 2.24) is 15.0 Å². The number of nitrogens with one attached hydrogen (secondary N) is 1. The molecule has 1 fully saturated rings. The molecule has 1 N–H and O–H groups in total. The van der Waals surface area contributed by atoms with Gasteiger partial charge in [-0.2, -0.15) is 0 Å². The van der Waals surface area contributed by atoms with Crippen LogP contribution < -0.4 is 0 Å². The highest BCUT2D eigenvalue weighted by Crippen LogP contribution is 2.33. The Morgan fingerprint density at radius 1 is 1.33 bits per heavy atom. The van der Waals surface area contributed by atoms with Crippen molar-refractivity contribution in [3.8, 4) is 0 Å². The highest BCUT2D eigenvalue weighted by molar-refractivity contribution is 5.84. The molecular weight excluding hydrogens is 309 g/mol. The fourth-order valence-corrected chi connectivity index (χ4v) is 3.49. The molecule has 1 aliphatic heterocycles. The third-order valence-electron chi connectivity index (χ3n) is 4.79. The molecular formula is C18H18FN3O2. The average Bonchev–Trinajstić information content (AvgIpc) is 3.24. The predicted octanol–water partition coefficient (Wildman–Crippen LogP) is 3.24. The SMILES string of the molecule is O=C(Cc1ccon1)N1CCC(c2c[nH]c3ccc(F)cc23)CC1. The van der Waals surface area contributed by atoms with Crippen LogP contribution in [0.4, 0.5) is 4.39 Å². The Hall–Kier alpha value is -2.63. The minimum atomic E-state index is -0.219. The maximum Gasteiger partial charge on any atom is 0.228 e. The van der Waals surface area contributed by atoms with E-state index in [4.69, 9.17) is 4.52 Å². The summed E-state index contributed by atoms with van der Waals surface area (Å²) in [6, 6.07) is 6.53. The lowest BCUT2D eigenvalue weighted by molar-refractivity contribution is -0.131. The van der Waals surface area contributed by atoms with E-state index in [1.165, 1.54) is 12.3 Å². The van der Waals surface area contributed by atoms with E-state index in [0.29, 0.717) is 24.7 Å². The van der Waals surface area contributed by atoms with E-state index in [-0.39, 0.29) is 18.1 Å². The summed E-state index contributed by atoms with van der Waals surface area (Å²) in [5, 5.41) is 4.73. The molecule has 4 rings (SSSR count). The number of aromatic nitrogens is 2. The van der Waals surface area contributed by atoms with Crippen LogP contribution in [0, 0.1) is 5.82 Å². The first kappa shape index (κ1) is 14.9. The van der Waals surface area contributed by atoms with Gasteiger partial charge in [-0.1, -0.05) is 5.16 Å². The first-order valence-electron chi connectivity index (χ1n) is 8.14. The normalized spacial score (nSPS) is 16.0. The molecule has 1 saturated heterocycles. The number of amides is 1. The molecule has 5 nitrogen and oxygen atoms in total. The molecule has 0 bridgehead atoms. The van der Waals surface area contributed by atoms with Crippen LogP contribution in [0.2, 0.25) is 0 Å². The third-order valence-corrected chi connectivity index (χ3v) is 4.79. The van der Waals surface area contributed by atoms with E-state index in [0.717, 1.165) is 29.3 Å². The summed E-state index contributed by atoms with van der Waals surface area (Å²) in [5.41, 5.74) is 2.76. The Morgan fingerprint density at radius 3 is 2.92 bits per heavy atom. The molecule has 124 valence electrons. The Labute approximate surface area is 138 Å². The molecule has 1 aromatic carbocycles. The highest BCUT2D eigenvalue weighted by Gasteiger charge is 2.25. The van der Waals surface area contributed by atoms with Gasteiger partial charge in [0.1, 0.15) is 12.1 Å². The number of hydrogen-bond acceptors (Lipinski definition) is 3. The number of carbonyl (C=O) groups is 1. The van der Waals surface area contributed by atoms with Gasteiger partial charge >= 0.3 is 0 Å². The van der Waals surface area contributed by atoms with Crippen LogP contribution in [-0.2, 0) is 11.2 Å². The van der Waals surface area contributed by atoms with Crippen molar-refractivity contribution in [1.29, 1.82) is 0 Å². The lowest BCUT2D eigenvalue weighted by Crippen LogP contribution is -2.38. The van der Waals surface area contributed by atoms with E-state index < -0.39 is 0 Å². The molecule has 1 aliphatic rings. The Balaban J connectivity index is 1.43. The van der Waals surface area contributed by atoms with Crippen LogP contribution in [0.1, 0.15) is 30.0 Å². The lowest BCUT2D eigenvalue weighted by atomic mass is 9.89. The van der Waals surface area contributed by atoms with Crippen LogP contribution in [0.25, 0.3) is 10.9 Å². The summed E-state index contributed by atoms with van der Waals surface area (Å²) in [6.07, 6.45) is 5.49. The van der Waals surface area contributed by atoms with E-state index in [1.54, 1.807) is 18.2 Å². The maximum atomic E-state index is 13.5. The number of halogens is 1. The monoisotopic (exact) mass is 327 g/mol. The molecule has 2 aromatic heterocycles. The summed E-state index contributed by atoms with van der Waals surface area (Å²) in [6.45, 7) is 1.42. The summed E-state index contributed by atoms with van der Waals surface area (Å²) in [4.78, 5) is 17.4. The summed E-state index contributed by atoms with van der Waals surface area (Å²) >= 11 is 0. The smallest absolute Gasteiger partial charge is 0.228 e. The highest BCUT2D eigenvalue weighted by atomic mass is 19.1. The average molecular weight is 327 g/mol. The van der Waals surface area contributed by atoms with Gasteiger partial charge in [-0.05, 0) is 42.5 Å². The number of H-pyrrole nitrogens is 1. The van der Waals surface area contributed by atoms with E-state index >= 15 is 0 Å². The number of piperidine rings is 1. The largest absolute Gasteiger partial charge is 0.364 e.